The lowest BCUT2D eigenvalue weighted by atomic mass is 10.0. The molecule has 2 aliphatic rings. The number of fused-ring (bicyclic) bond motifs is 1. The summed E-state index contributed by atoms with van der Waals surface area (Å²) in [6.07, 6.45) is 5.62. The lowest BCUT2D eigenvalue weighted by molar-refractivity contribution is -0.134. The van der Waals surface area contributed by atoms with Crippen molar-refractivity contribution < 1.29 is 9.59 Å². The number of hydrogen-bond donors (Lipinski definition) is 0. The van der Waals surface area contributed by atoms with Gasteiger partial charge in [0.2, 0.25) is 11.8 Å². The summed E-state index contributed by atoms with van der Waals surface area (Å²) in [5, 5.41) is 0. The summed E-state index contributed by atoms with van der Waals surface area (Å²) in [7, 11) is 0. The Bertz CT molecular complexity index is 570. The molecule has 0 N–H and O–H groups in total. The van der Waals surface area contributed by atoms with E-state index < -0.39 is 0 Å². The fourth-order valence-electron chi connectivity index (χ4n) is 3.55. The zero-order valence-electron chi connectivity index (χ0n) is 13.3. The molecule has 0 saturated carbocycles. The molecule has 1 atom stereocenters. The van der Waals surface area contributed by atoms with Crippen molar-refractivity contribution in [3.63, 3.8) is 0 Å². The van der Waals surface area contributed by atoms with Gasteiger partial charge in [-0.1, -0.05) is 18.2 Å². The standard InChI is InChI=1S/C18H24N2O2/c1-14-7-4-5-12-19(14)18(22)13-20-16-10-3-2-8-15(16)9-6-11-17(20)21/h2-3,8,10,14H,4-7,9,11-13H2,1H3. The van der Waals surface area contributed by atoms with E-state index in [4.69, 9.17) is 0 Å². The highest BCUT2D eigenvalue weighted by molar-refractivity contribution is 5.99. The van der Waals surface area contributed by atoms with Crippen LogP contribution in [0.4, 0.5) is 5.69 Å². The Kier molecular flexibility index (Phi) is 4.46. The first-order valence-electron chi connectivity index (χ1n) is 8.34. The van der Waals surface area contributed by atoms with Crippen LogP contribution in [0.5, 0.6) is 0 Å². The molecule has 2 aliphatic heterocycles. The minimum absolute atomic E-state index is 0.0722. The molecule has 0 radical (unpaired) electrons. The quantitative estimate of drug-likeness (QED) is 0.842. The number of likely N-dealkylation sites (tertiary alicyclic amines) is 1. The smallest absolute Gasteiger partial charge is 0.242 e. The lowest BCUT2D eigenvalue weighted by Gasteiger charge is -2.35. The highest BCUT2D eigenvalue weighted by Crippen LogP contribution is 2.27. The Labute approximate surface area is 132 Å². The van der Waals surface area contributed by atoms with Crippen LogP contribution < -0.4 is 4.90 Å². The van der Waals surface area contributed by atoms with E-state index in [-0.39, 0.29) is 18.4 Å². The van der Waals surface area contributed by atoms with Gasteiger partial charge in [-0.3, -0.25) is 9.59 Å². The molecule has 0 spiro atoms. The predicted octanol–water partition coefficient (Wildman–Crippen LogP) is 2.76. The maximum atomic E-state index is 12.7. The van der Waals surface area contributed by atoms with Gasteiger partial charge >= 0.3 is 0 Å². The molecular weight excluding hydrogens is 276 g/mol. The number of benzene rings is 1. The molecule has 1 fully saturated rings. The number of nitrogens with zero attached hydrogens (tertiary/aromatic N) is 2. The Morgan fingerprint density at radius 2 is 2.00 bits per heavy atom. The summed E-state index contributed by atoms with van der Waals surface area (Å²) in [4.78, 5) is 28.8. The summed E-state index contributed by atoms with van der Waals surface area (Å²) in [6, 6.07) is 8.26. The Hall–Kier alpha value is -1.84. The van der Waals surface area contributed by atoms with E-state index in [1.165, 1.54) is 12.0 Å². The van der Waals surface area contributed by atoms with Gasteiger partial charge in [-0.05, 0) is 50.7 Å². The number of carbonyl (C=O) groups is 2. The number of aryl methyl sites for hydroxylation is 1. The van der Waals surface area contributed by atoms with Crippen LogP contribution in [0, 0.1) is 0 Å². The van der Waals surface area contributed by atoms with E-state index >= 15 is 0 Å². The van der Waals surface area contributed by atoms with Gasteiger partial charge in [-0.15, -0.1) is 0 Å². The van der Waals surface area contributed by atoms with E-state index in [2.05, 4.69) is 13.0 Å². The zero-order chi connectivity index (χ0) is 15.5. The van der Waals surface area contributed by atoms with E-state index in [1.807, 2.05) is 23.1 Å². The van der Waals surface area contributed by atoms with E-state index in [1.54, 1.807) is 4.90 Å². The van der Waals surface area contributed by atoms with Crippen molar-refractivity contribution in [3.05, 3.63) is 29.8 Å². The molecule has 4 nitrogen and oxygen atoms in total. The molecule has 0 aliphatic carbocycles. The van der Waals surface area contributed by atoms with Crippen LogP contribution in [0.15, 0.2) is 24.3 Å². The third-order valence-corrected chi connectivity index (χ3v) is 4.84. The van der Waals surface area contributed by atoms with E-state index in [9.17, 15) is 9.59 Å². The second-order valence-corrected chi connectivity index (χ2v) is 6.39. The molecule has 2 heterocycles. The lowest BCUT2D eigenvalue weighted by Crippen LogP contribution is -2.48. The molecule has 1 aromatic rings. The van der Waals surface area contributed by atoms with Crippen molar-refractivity contribution >= 4 is 17.5 Å². The summed E-state index contributed by atoms with van der Waals surface area (Å²) in [5.74, 6) is 0.153. The van der Waals surface area contributed by atoms with Crippen LogP contribution in [0.1, 0.15) is 44.6 Å². The van der Waals surface area contributed by atoms with Crippen molar-refractivity contribution in [2.24, 2.45) is 0 Å². The van der Waals surface area contributed by atoms with Gasteiger partial charge in [0.15, 0.2) is 0 Å². The van der Waals surface area contributed by atoms with Gasteiger partial charge < -0.3 is 9.80 Å². The van der Waals surface area contributed by atoms with Gasteiger partial charge in [0.05, 0.1) is 0 Å². The average Bonchev–Trinajstić information content (AvgIpc) is 2.68. The molecule has 118 valence electrons. The van der Waals surface area contributed by atoms with Crippen LogP contribution in [-0.2, 0) is 16.0 Å². The van der Waals surface area contributed by atoms with Crippen molar-refractivity contribution in [2.45, 2.75) is 51.5 Å². The molecular formula is C18H24N2O2. The summed E-state index contributed by atoms with van der Waals surface area (Å²) in [5.41, 5.74) is 2.09. The maximum absolute atomic E-state index is 12.7. The molecule has 0 aromatic heterocycles. The largest absolute Gasteiger partial charge is 0.338 e. The second kappa shape index (κ2) is 6.51. The first-order valence-corrected chi connectivity index (χ1v) is 8.34. The van der Waals surface area contributed by atoms with Crippen LogP contribution in [0.25, 0.3) is 0 Å². The van der Waals surface area contributed by atoms with E-state index in [0.717, 1.165) is 37.9 Å². The molecule has 1 aromatic carbocycles. The number of piperidine rings is 1. The highest BCUT2D eigenvalue weighted by atomic mass is 16.2. The van der Waals surface area contributed by atoms with Crippen molar-refractivity contribution in [3.8, 4) is 0 Å². The monoisotopic (exact) mass is 300 g/mol. The highest BCUT2D eigenvalue weighted by Gasteiger charge is 2.28. The topological polar surface area (TPSA) is 40.6 Å². The molecule has 22 heavy (non-hydrogen) atoms. The van der Waals surface area contributed by atoms with Gasteiger partial charge in [0, 0.05) is 24.7 Å². The number of anilines is 1. The van der Waals surface area contributed by atoms with E-state index in [0.29, 0.717) is 12.5 Å². The van der Waals surface area contributed by atoms with Crippen LogP contribution in [-0.4, -0.2) is 35.8 Å². The minimum atomic E-state index is 0.0722. The van der Waals surface area contributed by atoms with Crippen molar-refractivity contribution in [1.82, 2.24) is 4.90 Å². The third-order valence-electron chi connectivity index (χ3n) is 4.84. The first-order chi connectivity index (χ1) is 10.7. The number of carbonyl (C=O) groups excluding carboxylic acids is 2. The van der Waals surface area contributed by atoms with Crippen LogP contribution >= 0.6 is 0 Å². The number of amides is 2. The van der Waals surface area contributed by atoms with Crippen LogP contribution in [0.2, 0.25) is 0 Å². The zero-order valence-corrected chi connectivity index (χ0v) is 13.3. The average molecular weight is 300 g/mol. The molecule has 2 amide bonds. The minimum Gasteiger partial charge on any atom is -0.338 e. The van der Waals surface area contributed by atoms with Crippen molar-refractivity contribution in [1.29, 1.82) is 0 Å². The van der Waals surface area contributed by atoms with Gasteiger partial charge in [-0.25, -0.2) is 0 Å². The summed E-state index contributed by atoms with van der Waals surface area (Å²) < 4.78 is 0. The number of para-hydroxylation sites is 1. The third kappa shape index (κ3) is 3.01. The van der Waals surface area contributed by atoms with Gasteiger partial charge in [0.25, 0.3) is 0 Å². The summed E-state index contributed by atoms with van der Waals surface area (Å²) >= 11 is 0. The second-order valence-electron chi connectivity index (χ2n) is 6.39. The first kappa shape index (κ1) is 15.1. The van der Waals surface area contributed by atoms with Crippen LogP contribution in [0.3, 0.4) is 0 Å². The predicted molar refractivity (Wildman–Crippen MR) is 86.8 cm³/mol. The normalized spacial score (nSPS) is 22.2. The Morgan fingerprint density at radius 3 is 2.82 bits per heavy atom. The van der Waals surface area contributed by atoms with Gasteiger partial charge in [-0.2, -0.15) is 0 Å². The number of hydrogen-bond acceptors (Lipinski definition) is 2. The molecule has 3 rings (SSSR count). The van der Waals surface area contributed by atoms with Gasteiger partial charge in [0.1, 0.15) is 6.54 Å². The fourth-order valence-corrected chi connectivity index (χ4v) is 3.55. The maximum Gasteiger partial charge on any atom is 0.242 e. The fraction of sp³-hybridized carbons (Fsp3) is 0.556. The number of rotatable bonds is 2. The Morgan fingerprint density at radius 1 is 1.18 bits per heavy atom. The SMILES string of the molecule is CC1CCCCN1C(=O)CN1C(=O)CCCc2ccccc21. The molecule has 1 saturated heterocycles. The summed E-state index contributed by atoms with van der Waals surface area (Å²) in [6.45, 7) is 3.11. The Balaban J connectivity index is 1.80. The van der Waals surface area contributed by atoms with Crippen molar-refractivity contribution in [2.75, 3.05) is 18.0 Å². The molecule has 1 unspecified atom stereocenters. The molecule has 4 heteroatoms. The molecule has 0 bridgehead atoms.